The Bertz CT molecular complexity index is 647. The monoisotopic (exact) mass is 326 g/mol. The van der Waals surface area contributed by atoms with Gasteiger partial charge in [0.2, 0.25) is 0 Å². The van der Waals surface area contributed by atoms with Crippen LogP contribution in [0.4, 0.5) is 20.2 Å². The summed E-state index contributed by atoms with van der Waals surface area (Å²) in [4.78, 5) is 11.9. The predicted octanol–water partition coefficient (Wildman–Crippen LogP) is 3.56. The molecule has 98 valence electrons. The molecule has 0 aliphatic rings. The molecule has 0 atom stereocenters. The van der Waals surface area contributed by atoms with E-state index in [-0.39, 0.29) is 15.7 Å². The van der Waals surface area contributed by atoms with Crippen LogP contribution in [-0.2, 0) is 0 Å². The van der Waals surface area contributed by atoms with Crippen LogP contribution in [0.5, 0.6) is 0 Å². The summed E-state index contributed by atoms with van der Waals surface area (Å²) in [6.07, 6.45) is 0. The lowest BCUT2D eigenvalue weighted by Gasteiger charge is -2.07. The SMILES string of the molecule is Nc1cc(NC(=O)c2ccc(F)c(Br)c2)ccc1F. The van der Waals surface area contributed by atoms with E-state index in [4.69, 9.17) is 5.73 Å². The Balaban J connectivity index is 2.20. The average Bonchev–Trinajstić information content (AvgIpc) is 2.37. The van der Waals surface area contributed by atoms with Gasteiger partial charge in [-0.2, -0.15) is 0 Å². The van der Waals surface area contributed by atoms with Crippen molar-refractivity contribution in [2.24, 2.45) is 0 Å². The zero-order chi connectivity index (χ0) is 14.0. The lowest BCUT2D eigenvalue weighted by atomic mass is 10.2. The third-order valence-corrected chi connectivity index (χ3v) is 3.04. The highest BCUT2D eigenvalue weighted by atomic mass is 79.9. The van der Waals surface area contributed by atoms with Crippen LogP contribution < -0.4 is 11.1 Å². The number of carbonyl (C=O) groups is 1. The summed E-state index contributed by atoms with van der Waals surface area (Å²) in [7, 11) is 0. The van der Waals surface area contributed by atoms with E-state index in [0.717, 1.165) is 6.07 Å². The van der Waals surface area contributed by atoms with Crippen LogP contribution in [-0.4, -0.2) is 5.91 Å². The summed E-state index contributed by atoms with van der Waals surface area (Å²) < 4.78 is 26.2. The highest BCUT2D eigenvalue weighted by molar-refractivity contribution is 9.10. The van der Waals surface area contributed by atoms with Crippen molar-refractivity contribution in [3.05, 3.63) is 58.1 Å². The number of nitrogens with one attached hydrogen (secondary N) is 1. The molecule has 0 radical (unpaired) electrons. The molecule has 2 rings (SSSR count). The molecule has 6 heteroatoms. The molecular formula is C13H9BrF2N2O. The van der Waals surface area contributed by atoms with Gasteiger partial charge in [0.05, 0.1) is 10.2 Å². The molecule has 0 spiro atoms. The molecule has 2 aromatic rings. The number of benzene rings is 2. The Labute approximate surface area is 116 Å². The Morgan fingerprint density at radius 2 is 1.79 bits per heavy atom. The van der Waals surface area contributed by atoms with Gasteiger partial charge in [-0.15, -0.1) is 0 Å². The van der Waals surface area contributed by atoms with Gasteiger partial charge in [-0.1, -0.05) is 0 Å². The Morgan fingerprint density at radius 3 is 2.42 bits per heavy atom. The topological polar surface area (TPSA) is 55.1 Å². The highest BCUT2D eigenvalue weighted by Crippen LogP contribution is 2.20. The van der Waals surface area contributed by atoms with Gasteiger partial charge in [0, 0.05) is 11.3 Å². The van der Waals surface area contributed by atoms with Crippen LogP contribution >= 0.6 is 15.9 Å². The number of hydrogen-bond donors (Lipinski definition) is 2. The van der Waals surface area contributed by atoms with E-state index in [1.807, 2.05) is 0 Å². The first-order valence-corrected chi connectivity index (χ1v) is 6.08. The second-order valence-electron chi connectivity index (χ2n) is 3.82. The molecule has 3 N–H and O–H groups in total. The largest absolute Gasteiger partial charge is 0.396 e. The zero-order valence-electron chi connectivity index (χ0n) is 9.58. The third-order valence-electron chi connectivity index (χ3n) is 2.44. The molecule has 0 bridgehead atoms. The maximum atomic E-state index is 13.0. The molecule has 0 saturated heterocycles. The summed E-state index contributed by atoms with van der Waals surface area (Å²) in [6, 6.07) is 7.75. The molecule has 0 saturated carbocycles. The molecule has 2 aromatic carbocycles. The van der Waals surface area contributed by atoms with Gasteiger partial charge in [0.25, 0.3) is 5.91 Å². The van der Waals surface area contributed by atoms with E-state index in [9.17, 15) is 13.6 Å². The summed E-state index contributed by atoms with van der Waals surface area (Å²) in [5.74, 6) is -1.45. The zero-order valence-corrected chi connectivity index (χ0v) is 11.2. The van der Waals surface area contributed by atoms with E-state index in [1.54, 1.807) is 0 Å². The second kappa shape index (κ2) is 5.36. The Morgan fingerprint density at radius 1 is 1.11 bits per heavy atom. The van der Waals surface area contributed by atoms with Crippen molar-refractivity contribution in [2.75, 3.05) is 11.1 Å². The van der Waals surface area contributed by atoms with Crippen LogP contribution in [0.2, 0.25) is 0 Å². The lowest BCUT2D eigenvalue weighted by molar-refractivity contribution is 0.102. The van der Waals surface area contributed by atoms with Gasteiger partial charge in [-0.05, 0) is 52.3 Å². The molecule has 1 amide bonds. The molecule has 3 nitrogen and oxygen atoms in total. The van der Waals surface area contributed by atoms with Crippen LogP contribution in [0.15, 0.2) is 40.9 Å². The standard InChI is InChI=1S/C13H9BrF2N2O/c14-9-5-7(1-3-10(9)15)13(19)18-8-2-4-11(16)12(17)6-8/h1-6H,17H2,(H,18,19). The van der Waals surface area contributed by atoms with Crippen LogP contribution in [0, 0.1) is 11.6 Å². The van der Waals surface area contributed by atoms with E-state index < -0.39 is 17.5 Å². The molecule has 0 aliphatic carbocycles. The fraction of sp³-hybridized carbons (Fsp3) is 0. The maximum Gasteiger partial charge on any atom is 0.255 e. The molecule has 0 fully saturated rings. The fourth-order valence-corrected chi connectivity index (χ4v) is 1.84. The molecule has 0 unspecified atom stereocenters. The summed E-state index contributed by atoms with van der Waals surface area (Å²) >= 11 is 3.00. The number of carbonyl (C=O) groups excluding carboxylic acids is 1. The molecule has 19 heavy (non-hydrogen) atoms. The summed E-state index contributed by atoms with van der Waals surface area (Å²) in [5.41, 5.74) is 5.98. The number of nitrogens with two attached hydrogens (primary N) is 1. The number of halogens is 3. The van der Waals surface area contributed by atoms with Crippen molar-refractivity contribution in [2.45, 2.75) is 0 Å². The van der Waals surface area contributed by atoms with Crippen molar-refractivity contribution in [1.82, 2.24) is 0 Å². The Kier molecular flexibility index (Phi) is 3.80. The summed E-state index contributed by atoms with van der Waals surface area (Å²) in [5, 5.41) is 2.54. The minimum Gasteiger partial charge on any atom is -0.396 e. The number of hydrogen-bond acceptors (Lipinski definition) is 2. The quantitative estimate of drug-likeness (QED) is 0.829. The van der Waals surface area contributed by atoms with Gasteiger partial charge in [0.1, 0.15) is 11.6 Å². The summed E-state index contributed by atoms with van der Waals surface area (Å²) in [6.45, 7) is 0. The minimum absolute atomic E-state index is 0.0573. The first-order chi connectivity index (χ1) is 8.97. The first kappa shape index (κ1) is 13.5. The average molecular weight is 327 g/mol. The maximum absolute atomic E-state index is 13.0. The minimum atomic E-state index is -0.553. The van der Waals surface area contributed by atoms with Crippen LogP contribution in [0.1, 0.15) is 10.4 Å². The highest BCUT2D eigenvalue weighted by Gasteiger charge is 2.09. The molecule has 0 aliphatic heterocycles. The van der Waals surface area contributed by atoms with E-state index >= 15 is 0 Å². The molecule has 0 aromatic heterocycles. The van der Waals surface area contributed by atoms with Crippen molar-refractivity contribution in [3.63, 3.8) is 0 Å². The van der Waals surface area contributed by atoms with Crippen LogP contribution in [0.3, 0.4) is 0 Å². The first-order valence-electron chi connectivity index (χ1n) is 5.29. The van der Waals surface area contributed by atoms with Crippen molar-refractivity contribution in [3.8, 4) is 0 Å². The van der Waals surface area contributed by atoms with Gasteiger partial charge >= 0.3 is 0 Å². The van der Waals surface area contributed by atoms with Crippen molar-refractivity contribution >= 4 is 33.2 Å². The van der Waals surface area contributed by atoms with E-state index in [1.165, 1.54) is 30.3 Å². The van der Waals surface area contributed by atoms with E-state index in [2.05, 4.69) is 21.2 Å². The van der Waals surface area contributed by atoms with Crippen molar-refractivity contribution in [1.29, 1.82) is 0 Å². The van der Waals surface area contributed by atoms with E-state index in [0.29, 0.717) is 5.69 Å². The predicted molar refractivity (Wildman–Crippen MR) is 72.9 cm³/mol. The van der Waals surface area contributed by atoms with Gasteiger partial charge in [-0.25, -0.2) is 8.78 Å². The second-order valence-corrected chi connectivity index (χ2v) is 4.67. The number of nitrogen functional groups attached to an aromatic ring is 1. The molecule has 0 heterocycles. The fourth-order valence-electron chi connectivity index (χ4n) is 1.46. The van der Waals surface area contributed by atoms with Gasteiger partial charge < -0.3 is 11.1 Å². The van der Waals surface area contributed by atoms with Crippen LogP contribution in [0.25, 0.3) is 0 Å². The Hall–Kier alpha value is -1.95. The van der Waals surface area contributed by atoms with Gasteiger partial charge in [-0.3, -0.25) is 4.79 Å². The van der Waals surface area contributed by atoms with Crippen molar-refractivity contribution < 1.29 is 13.6 Å². The number of amides is 1. The molecular weight excluding hydrogens is 318 g/mol. The smallest absolute Gasteiger partial charge is 0.255 e. The number of anilines is 2. The lowest BCUT2D eigenvalue weighted by Crippen LogP contribution is -2.12. The third kappa shape index (κ3) is 3.08. The normalized spacial score (nSPS) is 10.3. The van der Waals surface area contributed by atoms with Gasteiger partial charge in [0.15, 0.2) is 0 Å². The number of rotatable bonds is 2.